The molecule has 8 heteroatoms. The van der Waals surface area contributed by atoms with Crippen LogP contribution in [0.3, 0.4) is 0 Å². The summed E-state index contributed by atoms with van der Waals surface area (Å²) in [5.41, 5.74) is 0.712. The fourth-order valence-electron chi connectivity index (χ4n) is 2.98. The third kappa shape index (κ3) is 4.44. The zero-order valence-electron chi connectivity index (χ0n) is 17.0. The maximum absolute atomic E-state index is 13.8. The molecule has 0 spiro atoms. The second kappa shape index (κ2) is 8.28. The number of aliphatic hydroxyl groups is 1. The van der Waals surface area contributed by atoms with E-state index in [-0.39, 0.29) is 22.5 Å². The minimum atomic E-state index is -1.08. The summed E-state index contributed by atoms with van der Waals surface area (Å²) >= 11 is 3.22. The van der Waals surface area contributed by atoms with Crippen molar-refractivity contribution in [3.05, 3.63) is 85.4 Å². The summed E-state index contributed by atoms with van der Waals surface area (Å²) in [4.78, 5) is 17.4. The highest BCUT2D eigenvalue weighted by Gasteiger charge is 2.21. The molecular weight excluding hydrogens is 458 g/mol. The maximum Gasteiger partial charge on any atom is 0.276 e. The van der Waals surface area contributed by atoms with Crippen molar-refractivity contribution >= 4 is 15.9 Å². The summed E-state index contributed by atoms with van der Waals surface area (Å²) in [5.74, 6) is -1.06. The van der Waals surface area contributed by atoms with Crippen LogP contribution in [-0.4, -0.2) is 14.7 Å². The Morgan fingerprint density at radius 1 is 1.17 bits per heavy atom. The second-order valence-electron chi connectivity index (χ2n) is 7.50. The van der Waals surface area contributed by atoms with Crippen LogP contribution in [0.15, 0.2) is 45.7 Å². The van der Waals surface area contributed by atoms with Gasteiger partial charge in [0.2, 0.25) is 5.88 Å². The van der Waals surface area contributed by atoms with Crippen LogP contribution in [-0.2, 0) is 12.2 Å². The molecule has 3 rings (SSSR count). The van der Waals surface area contributed by atoms with Gasteiger partial charge in [0.25, 0.3) is 5.56 Å². The van der Waals surface area contributed by atoms with E-state index in [1.165, 1.54) is 10.6 Å². The normalized spacial score (nSPS) is 11.6. The Hall–Kier alpha value is -2.58. The number of halogens is 3. The Labute approximate surface area is 181 Å². The van der Waals surface area contributed by atoms with Gasteiger partial charge in [-0.25, -0.2) is 8.78 Å². The Kier molecular flexibility index (Phi) is 6.10. The van der Waals surface area contributed by atoms with Gasteiger partial charge in [-0.3, -0.25) is 9.36 Å². The molecule has 0 radical (unpaired) electrons. The average Bonchev–Trinajstić information content (AvgIpc) is 2.65. The van der Waals surface area contributed by atoms with Gasteiger partial charge in [0.05, 0.1) is 11.3 Å². The number of aryl methyl sites for hydroxylation is 2. The van der Waals surface area contributed by atoms with Crippen molar-refractivity contribution in [3.63, 3.8) is 0 Å². The zero-order valence-corrected chi connectivity index (χ0v) is 18.5. The van der Waals surface area contributed by atoms with Crippen LogP contribution in [0, 0.1) is 25.5 Å². The third-order valence-corrected chi connectivity index (χ3v) is 5.38. The Morgan fingerprint density at radius 2 is 1.87 bits per heavy atom. The van der Waals surface area contributed by atoms with E-state index >= 15 is 0 Å². The van der Waals surface area contributed by atoms with Crippen LogP contribution in [0.5, 0.6) is 5.88 Å². The predicted molar refractivity (Wildman–Crippen MR) is 113 cm³/mol. The van der Waals surface area contributed by atoms with E-state index in [1.54, 1.807) is 32.9 Å². The van der Waals surface area contributed by atoms with Crippen molar-refractivity contribution in [2.24, 2.45) is 0 Å². The van der Waals surface area contributed by atoms with Crippen molar-refractivity contribution in [3.8, 4) is 11.6 Å². The lowest BCUT2D eigenvalue weighted by atomic mass is 9.96. The number of aromatic nitrogens is 2. The number of benzene rings is 2. The van der Waals surface area contributed by atoms with Crippen molar-refractivity contribution in [1.82, 2.24) is 9.55 Å². The molecule has 0 aliphatic heterocycles. The molecule has 0 aliphatic carbocycles. The highest BCUT2D eigenvalue weighted by molar-refractivity contribution is 9.10. The Bertz CT molecular complexity index is 1170. The van der Waals surface area contributed by atoms with Crippen molar-refractivity contribution in [1.29, 1.82) is 0 Å². The highest BCUT2D eigenvalue weighted by atomic mass is 79.9. The van der Waals surface area contributed by atoms with Gasteiger partial charge in [0.1, 0.15) is 28.5 Å². The maximum atomic E-state index is 13.8. The molecule has 0 unspecified atom stereocenters. The van der Waals surface area contributed by atoms with Gasteiger partial charge in [-0.05, 0) is 73.0 Å². The lowest BCUT2D eigenvalue weighted by Crippen LogP contribution is -2.25. The summed E-state index contributed by atoms with van der Waals surface area (Å²) < 4.78 is 33.9. The van der Waals surface area contributed by atoms with E-state index in [4.69, 9.17) is 4.74 Å². The van der Waals surface area contributed by atoms with Crippen LogP contribution in [0.2, 0.25) is 0 Å². The first-order valence-electron chi connectivity index (χ1n) is 9.19. The van der Waals surface area contributed by atoms with Crippen LogP contribution < -0.4 is 10.3 Å². The SMILES string of the molecule is Cc1ccc(C(C)(C)O)cc1-n1c(C)nc(OCc2ccc(F)cc2F)c(Br)c1=O. The first kappa shape index (κ1) is 22.1. The second-order valence-corrected chi connectivity index (χ2v) is 8.30. The summed E-state index contributed by atoms with van der Waals surface area (Å²) in [6, 6.07) is 8.54. The number of nitrogens with zero attached hydrogens (tertiary/aromatic N) is 2. The smallest absolute Gasteiger partial charge is 0.276 e. The molecule has 3 aromatic rings. The molecule has 1 heterocycles. The van der Waals surface area contributed by atoms with Crippen LogP contribution in [0.25, 0.3) is 5.69 Å². The van der Waals surface area contributed by atoms with E-state index in [1.807, 2.05) is 13.0 Å². The molecule has 0 atom stereocenters. The quantitative estimate of drug-likeness (QED) is 0.577. The molecule has 0 saturated carbocycles. The molecule has 0 aliphatic rings. The topological polar surface area (TPSA) is 64.3 Å². The molecule has 0 bridgehead atoms. The molecule has 2 aromatic carbocycles. The van der Waals surface area contributed by atoms with Gasteiger partial charge in [-0.15, -0.1) is 0 Å². The summed E-state index contributed by atoms with van der Waals surface area (Å²) in [6.45, 7) is 6.61. The number of hydrogen-bond acceptors (Lipinski definition) is 4. The molecule has 30 heavy (non-hydrogen) atoms. The van der Waals surface area contributed by atoms with E-state index in [9.17, 15) is 18.7 Å². The monoisotopic (exact) mass is 478 g/mol. The molecular formula is C22H21BrF2N2O3. The molecule has 0 amide bonds. The standard InChI is InChI=1S/C22H21BrF2N2O3/c1-12-5-7-15(22(3,4)29)9-18(12)27-13(2)26-20(19(23)21(27)28)30-11-14-6-8-16(24)10-17(14)25/h5-10,29H,11H2,1-4H3. The van der Waals surface area contributed by atoms with Gasteiger partial charge in [0.15, 0.2) is 0 Å². The molecule has 0 fully saturated rings. The van der Waals surface area contributed by atoms with E-state index in [0.29, 0.717) is 17.1 Å². The van der Waals surface area contributed by atoms with Gasteiger partial charge in [-0.1, -0.05) is 12.1 Å². The molecule has 1 aromatic heterocycles. The summed E-state index contributed by atoms with van der Waals surface area (Å²) in [6.07, 6.45) is 0. The van der Waals surface area contributed by atoms with Gasteiger partial charge in [-0.2, -0.15) is 4.98 Å². The Morgan fingerprint density at radius 3 is 2.50 bits per heavy atom. The predicted octanol–water partition coefficient (Wildman–Crippen LogP) is 4.70. The zero-order chi connectivity index (χ0) is 22.2. The fourth-order valence-corrected chi connectivity index (χ4v) is 3.36. The molecule has 0 saturated heterocycles. The minimum Gasteiger partial charge on any atom is -0.472 e. The summed E-state index contributed by atoms with van der Waals surface area (Å²) in [7, 11) is 0. The van der Waals surface area contributed by atoms with Gasteiger partial charge < -0.3 is 9.84 Å². The van der Waals surface area contributed by atoms with Gasteiger partial charge >= 0.3 is 0 Å². The lowest BCUT2D eigenvalue weighted by Gasteiger charge is -2.21. The number of rotatable bonds is 5. The fraction of sp³-hybridized carbons (Fsp3) is 0.273. The van der Waals surface area contributed by atoms with E-state index in [2.05, 4.69) is 20.9 Å². The molecule has 5 nitrogen and oxygen atoms in total. The van der Waals surface area contributed by atoms with Crippen LogP contribution in [0.4, 0.5) is 8.78 Å². The van der Waals surface area contributed by atoms with Crippen molar-refractivity contribution in [2.75, 3.05) is 0 Å². The lowest BCUT2D eigenvalue weighted by molar-refractivity contribution is 0.0786. The molecule has 158 valence electrons. The first-order valence-corrected chi connectivity index (χ1v) is 9.98. The Balaban J connectivity index is 2.01. The van der Waals surface area contributed by atoms with Crippen LogP contribution >= 0.6 is 15.9 Å². The van der Waals surface area contributed by atoms with E-state index < -0.39 is 22.8 Å². The largest absolute Gasteiger partial charge is 0.472 e. The average molecular weight is 479 g/mol. The van der Waals surface area contributed by atoms with Crippen molar-refractivity contribution < 1.29 is 18.6 Å². The van der Waals surface area contributed by atoms with E-state index in [0.717, 1.165) is 17.7 Å². The van der Waals surface area contributed by atoms with Gasteiger partial charge in [0, 0.05) is 11.6 Å². The first-order chi connectivity index (χ1) is 14.0. The van der Waals surface area contributed by atoms with Crippen molar-refractivity contribution in [2.45, 2.75) is 39.9 Å². The minimum absolute atomic E-state index is 0.00812. The number of ether oxygens (including phenoxy) is 1. The highest BCUT2D eigenvalue weighted by Crippen LogP contribution is 2.27. The number of hydrogen-bond donors (Lipinski definition) is 1. The third-order valence-electron chi connectivity index (χ3n) is 4.70. The van der Waals surface area contributed by atoms with Crippen LogP contribution in [0.1, 0.15) is 36.4 Å². The molecule has 1 N–H and O–H groups in total. The summed E-state index contributed by atoms with van der Waals surface area (Å²) in [5, 5.41) is 10.3.